The highest BCUT2D eigenvalue weighted by atomic mass is 16.5. The van der Waals surface area contributed by atoms with Gasteiger partial charge in [0.25, 0.3) is 5.56 Å². The topological polar surface area (TPSA) is 83.8 Å². The minimum absolute atomic E-state index is 0.0398. The minimum atomic E-state index is -0.231. The summed E-state index contributed by atoms with van der Waals surface area (Å²) in [6, 6.07) is 16.3. The molecule has 1 saturated carbocycles. The Kier molecular flexibility index (Phi) is 4.54. The largest absolute Gasteiger partial charge is 0.378 e. The van der Waals surface area contributed by atoms with Gasteiger partial charge in [-0.15, -0.1) is 0 Å². The Morgan fingerprint density at radius 1 is 1.12 bits per heavy atom. The van der Waals surface area contributed by atoms with Gasteiger partial charge in [-0.1, -0.05) is 17.7 Å². The first kappa shape index (κ1) is 19.7. The van der Waals surface area contributed by atoms with Crippen LogP contribution in [0.2, 0.25) is 0 Å². The molecular weight excluding hydrogens is 412 g/mol. The van der Waals surface area contributed by atoms with Crippen LogP contribution in [0.1, 0.15) is 48.5 Å². The molecule has 1 aliphatic rings. The van der Waals surface area contributed by atoms with E-state index in [1.165, 1.54) is 18.4 Å². The number of aryl methyl sites for hydroxylation is 1. The van der Waals surface area contributed by atoms with Gasteiger partial charge in [0, 0.05) is 41.0 Å². The molecule has 33 heavy (non-hydrogen) atoms. The van der Waals surface area contributed by atoms with E-state index in [2.05, 4.69) is 53.6 Å². The lowest BCUT2D eigenvalue weighted by Gasteiger charge is -2.19. The van der Waals surface area contributed by atoms with E-state index < -0.39 is 0 Å². The molecule has 0 aliphatic heterocycles. The van der Waals surface area contributed by atoms with E-state index in [0.29, 0.717) is 16.9 Å². The summed E-state index contributed by atoms with van der Waals surface area (Å²) in [5.74, 6) is 0.599. The molecular formula is C27H24N4O2. The molecule has 1 aliphatic carbocycles. The first-order chi connectivity index (χ1) is 16.1. The third kappa shape index (κ3) is 3.57. The maximum atomic E-state index is 12.3. The lowest BCUT2D eigenvalue weighted by atomic mass is 9.96. The van der Waals surface area contributed by atoms with Crippen molar-refractivity contribution in [3.63, 3.8) is 0 Å². The highest BCUT2D eigenvalue weighted by Crippen LogP contribution is 2.40. The number of hydrogen-bond donors (Lipinski definition) is 2. The van der Waals surface area contributed by atoms with E-state index in [-0.39, 0.29) is 11.6 Å². The predicted molar refractivity (Wildman–Crippen MR) is 131 cm³/mol. The van der Waals surface area contributed by atoms with E-state index >= 15 is 0 Å². The van der Waals surface area contributed by atoms with Gasteiger partial charge in [0.2, 0.25) is 0 Å². The van der Waals surface area contributed by atoms with Gasteiger partial charge in [0.05, 0.1) is 11.4 Å². The van der Waals surface area contributed by atoms with Crippen molar-refractivity contribution in [3.05, 3.63) is 88.1 Å². The summed E-state index contributed by atoms with van der Waals surface area (Å²) >= 11 is 0. The predicted octanol–water partition coefficient (Wildman–Crippen LogP) is 6.09. The second kappa shape index (κ2) is 7.59. The van der Waals surface area contributed by atoms with Crippen LogP contribution < -0.4 is 10.9 Å². The Morgan fingerprint density at radius 2 is 2.00 bits per heavy atom. The number of benzene rings is 2. The number of anilines is 1. The number of fused-ring (bicyclic) bond motifs is 2. The number of pyridine rings is 2. The molecule has 1 atom stereocenters. The van der Waals surface area contributed by atoms with Crippen LogP contribution in [0, 0.1) is 6.92 Å². The van der Waals surface area contributed by atoms with E-state index in [4.69, 9.17) is 9.51 Å². The van der Waals surface area contributed by atoms with Crippen LogP contribution in [0.3, 0.4) is 0 Å². The fourth-order valence-electron chi connectivity index (χ4n) is 4.60. The molecule has 6 nitrogen and oxygen atoms in total. The van der Waals surface area contributed by atoms with Crippen molar-refractivity contribution >= 4 is 27.4 Å². The van der Waals surface area contributed by atoms with Crippen LogP contribution in [0.5, 0.6) is 0 Å². The molecule has 2 aromatic carbocycles. The van der Waals surface area contributed by atoms with Crippen LogP contribution in [-0.2, 0) is 0 Å². The molecule has 0 spiro atoms. The van der Waals surface area contributed by atoms with Crippen molar-refractivity contribution in [2.75, 3.05) is 5.32 Å². The van der Waals surface area contributed by atoms with Crippen molar-refractivity contribution in [3.8, 4) is 11.3 Å². The first-order valence-electron chi connectivity index (χ1n) is 11.3. The smallest absolute Gasteiger partial charge is 0.289 e. The fourth-order valence-corrected chi connectivity index (χ4v) is 4.60. The van der Waals surface area contributed by atoms with Gasteiger partial charge < -0.3 is 9.84 Å². The Hall–Kier alpha value is -3.93. The van der Waals surface area contributed by atoms with E-state index in [1.54, 1.807) is 6.07 Å². The van der Waals surface area contributed by atoms with Gasteiger partial charge in [-0.25, -0.2) is 0 Å². The van der Waals surface area contributed by atoms with Crippen LogP contribution in [0.4, 0.5) is 5.69 Å². The first-order valence-corrected chi connectivity index (χ1v) is 11.3. The van der Waals surface area contributed by atoms with Crippen LogP contribution in [0.15, 0.2) is 70.2 Å². The van der Waals surface area contributed by atoms with Gasteiger partial charge in [-0.2, -0.15) is 5.16 Å². The molecule has 2 N–H and O–H groups in total. The zero-order valence-electron chi connectivity index (χ0n) is 18.6. The summed E-state index contributed by atoms with van der Waals surface area (Å²) in [7, 11) is 0. The highest BCUT2D eigenvalue weighted by molar-refractivity contribution is 5.92. The summed E-state index contributed by atoms with van der Waals surface area (Å²) in [6.07, 6.45) is 6.28. The van der Waals surface area contributed by atoms with E-state index in [1.807, 2.05) is 30.6 Å². The van der Waals surface area contributed by atoms with Crippen molar-refractivity contribution in [2.24, 2.45) is 0 Å². The fraction of sp³-hybridized carbons (Fsp3) is 0.222. The molecule has 3 heterocycles. The summed E-state index contributed by atoms with van der Waals surface area (Å²) in [4.78, 5) is 21.6. The third-order valence-electron chi connectivity index (χ3n) is 6.43. The van der Waals surface area contributed by atoms with E-state index in [9.17, 15) is 4.79 Å². The summed E-state index contributed by atoms with van der Waals surface area (Å²) < 4.78 is 5.27. The number of hydrogen-bond acceptors (Lipinski definition) is 5. The van der Waals surface area contributed by atoms with Gasteiger partial charge in [-0.05, 0) is 74.0 Å². The Labute approximate surface area is 190 Å². The molecule has 6 heteroatoms. The van der Waals surface area contributed by atoms with Gasteiger partial charge in [0.1, 0.15) is 5.39 Å². The second-order valence-corrected chi connectivity index (χ2v) is 8.97. The summed E-state index contributed by atoms with van der Waals surface area (Å²) in [6.45, 7) is 4.20. The molecule has 164 valence electrons. The average molecular weight is 437 g/mol. The maximum Gasteiger partial charge on any atom is 0.289 e. The summed E-state index contributed by atoms with van der Waals surface area (Å²) in [5, 5.41) is 8.73. The van der Waals surface area contributed by atoms with Crippen LogP contribution >= 0.6 is 0 Å². The maximum absolute atomic E-state index is 12.3. The number of nitrogens with zero attached hydrogens (tertiary/aromatic N) is 2. The Balaban J connectivity index is 1.43. The minimum Gasteiger partial charge on any atom is -0.378 e. The van der Waals surface area contributed by atoms with Crippen molar-refractivity contribution in [1.29, 1.82) is 0 Å². The molecule has 0 radical (unpaired) electrons. The summed E-state index contributed by atoms with van der Waals surface area (Å²) in [5.41, 5.74) is 6.58. The molecule has 5 aromatic rings. The SMILES string of the molecule is Cc1cc([C@@H](C)Nc2cccc3o[nH]c(=O)c23)c2cc(-c3ccnc(C4CC4)c3)ncc2c1. The number of aromatic nitrogens is 3. The van der Waals surface area contributed by atoms with Crippen LogP contribution in [-0.4, -0.2) is 15.1 Å². The quantitative estimate of drug-likeness (QED) is 0.348. The zero-order valence-corrected chi connectivity index (χ0v) is 18.6. The number of rotatable bonds is 5. The highest BCUT2D eigenvalue weighted by Gasteiger charge is 2.25. The van der Waals surface area contributed by atoms with Gasteiger partial charge in [0.15, 0.2) is 5.58 Å². The van der Waals surface area contributed by atoms with Crippen molar-refractivity contribution < 1.29 is 4.52 Å². The number of H-pyrrole nitrogens is 1. The molecule has 0 amide bonds. The molecule has 3 aromatic heterocycles. The van der Waals surface area contributed by atoms with Crippen molar-refractivity contribution in [2.45, 2.75) is 38.6 Å². The third-order valence-corrected chi connectivity index (χ3v) is 6.43. The lowest BCUT2D eigenvalue weighted by molar-refractivity contribution is 0.449. The number of nitrogens with one attached hydrogen (secondary N) is 2. The normalized spacial score (nSPS) is 14.6. The molecule has 0 bridgehead atoms. The monoisotopic (exact) mass is 436 g/mol. The van der Waals surface area contributed by atoms with Crippen LogP contribution in [0.25, 0.3) is 33.0 Å². The Bertz CT molecular complexity index is 1560. The van der Waals surface area contributed by atoms with Crippen molar-refractivity contribution in [1.82, 2.24) is 15.1 Å². The Morgan fingerprint density at radius 3 is 2.85 bits per heavy atom. The van der Waals surface area contributed by atoms with E-state index in [0.717, 1.165) is 39.0 Å². The lowest BCUT2D eigenvalue weighted by Crippen LogP contribution is -2.10. The standard InChI is InChI=1S/C27H24N4O2/c1-15-10-19-14-29-24(18-8-9-28-23(12-18)17-6-7-17)13-21(19)20(11-15)16(2)30-22-4-3-5-25-26(22)27(32)31-33-25/h3-5,8-14,16-17,30H,6-7H2,1-2H3,(H,31,32)/t16-/m1/s1. The number of aromatic amines is 1. The molecule has 6 rings (SSSR count). The zero-order chi connectivity index (χ0) is 22.5. The second-order valence-electron chi connectivity index (χ2n) is 8.97. The average Bonchev–Trinajstić information content (AvgIpc) is 3.61. The van der Waals surface area contributed by atoms with Gasteiger partial charge >= 0.3 is 0 Å². The molecule has 1 fully saturated rings. The molecule has 0 saturated heterocycles. The molecule has 0 unspecified atom stereocenters. The van der Waals surface area contributed by atoms with Gasteiger partial charge in [-0.3, -0.25) is 14.8 Å².